The van der Waals surface area contributed by atoms with Gasteiger partial charge in [0.15, 0.2) is 11.5 Å². The molecule has 3 aromatic rings. The summed E-state index contributed by atoms with van der Waals surface area (Å²) in [5.74, 6) is 1.71. The fourth-order valence-electron chi connectivity index (χ4n) is 3.73. The van der Waals surface area contributed by atoms with Crippen molar-refractivity contribution in [2.75, 3.05) is 14.2 Å². The zero-order chi connectivity index (χ0) is 19.3. The van der Waals surface area contributed by atoms with E-state index in [2.05, 4.69) is 4.99 Å². The molecule has 2 aromatic carbocycles. The molecule has 140 valence electrons. The summed E-state index contributed by atoms with van der Waals surface area (Å²) in [6, 6.07) is 13.1. The molecule has 2 aliphatic heterocycles. The van der Waals surface area contributed by atoms with Gasteiger partial charge in [-0.05, 0) is 18.2 Å². The topological polar surface area (TPSA) is 64.3 Å². The standard InChI is InChI=1S/C22H18N2O4/c1-26-20-9-16-17(10-21(20)27-2)23-11-15-7-14(12-24(15)22(16)25)19-8-13-5-3-4-6-18(13)28-19/h3-6,8-12,15H,7H2,1-2H3/t15-/m0/s1. The average Bonchev–Trinajstić information content (AvgIpc) is 3.32. The Morgan fingerprint density at radius 3 is 2.68 bits per heavy atom. The molecule has 5 rings (SSSR count). The quantitative estimate of drug-likeness (QED) is 0.681. The number of ether oxygens (including phenoxy) is 2. The number of amides is 1. The summed E-state index contributed by atoms with van der Waals surface area (Å²) < 4.78 is 16.7. The second-order valence-electron chi connectivity index (χ2n) is 6.79. The van der Waals surface area contributed by atoms with Gasteiger partial charge in [0.25, 0.3) is 5.91 Å². The molecule has 1 aromatic heterocycles. The molecular weight excluding hydrogens is 356 g/mol. The van der Waals surface area contributed by atoms with Crippen molar-refractivity contribution in [2.24, 2.45) is 4.99 Å². The third-order valence-electron chi connectivity index (χ3n) is 5.18. The number of nitrogens with zero attached hydrogens (tertiary/aromatic N) is 2. The van der Waals surface area contributed by atoms with Gasteiger partial charge in [0.05, 0.1) is 31.5 Å². The van der Waals surface area contributed by atoms with Gasteiger partial charge in [-0.2, -0.15) is 0 Å². The van der Waals surface area contributed by atoms with Crippen molar-refractivity contribution in [1.29, 1.82) is 0 Å². The maximum Gasteiger partial charge on any atom is 0.260 e. The molecule has 0 fully saturated rings. The Morgan fingerprint density at radius 2 is 1.89 bits per heavy atom. The lowest BCUT2D eigenvalue weighted by atomic mass is 10.1. The van der Waals surface area contributed by atoms with Crippen LogP contribution in [0.3, 0.4) is 0 Å². The number of rotatable bonds is 3. The van der Waals surface area contributed by atoms with Crippen LogP contribution >= 0.6 is 0 Å². The number of para-hydroxylation sites is 1. The van der Waals surface area contributed by atoms with E-state index in [-0.39, 0.29) is 11.9 Å². The highest BCUT2D eigenvalue weighted by Crippen LogP contribution is 2.40. The minimum atomic E-state index is -0.153. The predicted molar refractivity (Wildman–Crippen MR) is 106 cm³/mol. The molecule has 0 N–H and O–H groups in total. The molecule has 0 radical (unpaired) electrons. The van der Waals surface area contributed by atoms with Crippen LogP contribution in [0.4, 0.5) is 5.69 Å². The normalized spacial score (nSPS) is 17.9. The second kappa shape index (κ2) is 6.27. The molecule has 3 heterocycles. The summed E-state index contributed by atoms with van der Waals surface area (Å²) in [5, 5.41) is 1.04. The lowest BCUT2D eigenvalue weighted by molar-refractivity contribution is 0.0817. The van der Waals surface area contributed by atoms with E-state index >= 15 is 0 Å². The van der Waals surface area contributed by atoms with E-state index in [0.717, 1.165) is 22.3 Å². The van der Waals surface area contributed by atoms with Crippen LogP contribution in [0.2, 0.25) is 0 Å². The first kappa shape index (κ1) is 16.6. The van der Waals surface area contributed by atoms with Crippen LogP contribution in [0.15, 0.2) is 58.1 Å². The first-order valence-corrected chi connectivity index (χ1v) is 9.00. The van der Waals surface area contributed by atoms with Gasteiger partial charge in [-0.15, -0.1) is 0 Å². The molecule has 0 saturated heterocycles. The van der Waals surface area contributed by atoms with Crippen molar-refractivity contribution in [2.45, 2.75) is 12.5 Å². The van der Waals surface area contributed by atoms with Crippen LogP contribution in [0, 0.1) is 0 Å². The highest BCUT2D eigenvalue weighted by molar-refractivity contribution is 6.05. The molecular formula is C22H18N2O4. The van der Waals surface area contributed by atoms with E-state index in [4.69, 9.17) is 13.9 Å². The van der Waals surface area contributed by atoms with E-state index in [1.807, 2.05) is 42.7 Å². The Labute approximate surface area is 161 Å². The molecule has 1 amide bonds. The number of hydrogen-bond donors (Lipinski definition) is 0. The minimum absolute atomic E-state index is 0.121. The first-order valence-electron chi connectivity index (χ1n) is 9.00. The number of fused-ring (bicyclic) bond motifs is 3. The SMILES string of the molecule is COc1cc2c(cc1OC)C(=O)N1C=C(c3cc4ccccc4o3)C[C@H]1C=N2. The predicted octanol–water partition coefficient (Wildman–Crippen LogP) is 4.42. The van der Waals surface area contributed by atoms with Gasteiger partial charge >= 0.3 is 0 Å². The van der Waals surface area contributed by atoms with Crippen LogP contribution in [0.1, 0.15) is 22.5 Å². The fraction of sp³-hybridized carbons (Fsp3) is 0.182. The molecule has 28 heavy (non-hydrogen) atoms. The van der Waals surface area contributed by atoms with E-state index < -0.39 is 0 Å². The van der Waals surface area contributed by atoms with E-state index in [9.17, 15) is 4.79 Å². The highest BCUT2D eigenvalue weighted by atomic mass is 16.5. The number of carbonyl (C=O) groups excluding carboxylic acids is 1. The van der Waals surface area contributed by atoms with Gasteiger partial charge < -0.3 is 18.8 Å². The summed E-state index contributed by atoms with van der Waals surface area (Å²) in [7, 11) is 3.11. The van der Waals surface area contributed by atoms with Crippen LogP contribution in [0.5, 0.6) is 11.5 Å². The summed E-state index contributed by atoms with van der Waals surface area (Å²) in [4.78, 5) is 19.5. The van der Waals surface area contributed by atoms with Crippen molar-refractivity contribution in [3.63, 3.8) is 0 Å². The lowest BCUT2D eigenvalue weighted by Gasteiger charge is -2.18. The molecule has 0 spiro atoms. The Bertz CT molecular complexity index is 1130. The highest BCUT2D eigenvalue weighted by Gasteiger charge is 2.34. The molecule has 0 bridgehead atoms. The number of benzene rings is 2. The van der Waals surface area contributed by atoms with Gasteiger partial charge in [0.2, 0.25) is 0 Å². The van der Waals surface area contributed by atoms with Gasteiger partial charge in [-0.1, -0.05) is 18.2 Å². The zero-order valence-electron chi connectivity index (χ0n) is 15.5. The van der Waals surface area contributed by atoms with Crippen molar-refractivity contribution in [3.05, 3.63) is 60.0 Å². The first-order chi connectivity index (χ1) is 13.7. The fourth-order valence-corrected chi connectivity index (χ4v) is 3.73. The summed E-state index contributed by atoms with van der Waals surface area (Å²) in [6.07, 6.45) is 4.32. The third kappa shape index (κ3) is 2.49. The van der Waals surface area contributed by atoms with Gasteiger partial charge in [0, 0.05) is 35.9 Å². The zero-order valence-corrected chi connectivity index (χ0v) is 15.5. The third-order valence-corrected chi connectivity index (χ3v) is 5.18. The van der Waals surface area contributed by atoms with Gasteiger partial charge in [-0.25, -0.2) is 0 Å². The molecule has 1 atom stereocenters. The number of carbonyl (C=O) groups is 1. The maximum absolute atomic E-state index is 13.2. The Balaban J connectivity index is 1.54. The van der Waals surface area contributed by atoms with E-state index in [1.165, 1.54) is 0 Å². The summed E-state index contributed by atoms with van der Waals surface area (Å²) in [5.41, 5.74) is 2.88. The number of aliphatic imine (C=N–C) groups is 1. The molecule has 2 aliphatic rings. The van der Waals surface area contributed by atoms with Crippen molar-refractivity contribution < 1.29 is 18.7 Å². The van der Waals surface area contributed by atoms with E-state index in [1.54, 1.807) is 31.3 Å². The molecule has 0 unspecified atom stereocenters. The molecule has 0 aliphatic carbocycles. The Hall–Kier alpha value is -3.54. The number of hydrogen-bond acceptors (Lipinski definition) is 5. The van der Waals surface area contributed by atoms with Crippen LogP contribution in [-0.2, 0) is 0 Å². The van der Waals surface area contributed by atoms with Crippen LogP contribution in [0.25, 0.3) is 16.5 Å². The van der Waals surface area contributed by atoms with E-state index in [0.29, 0.717) is 29.2 Å². The monoisotopic (exact) mass is 374 g/mol. The van der Waals surface area contributed by atoms with Crippen LogP contribution in [-0.4, -0.2) is 37.3 Å². The molecule has 6 nitrogen and oxygen atoms in total. The summed E-state index contributed by atoms with van der Waals surface area (Å²) in [6.45, 7) is 0. The lowest BCUT2D eigenvalue weighted by Crippen LogP contribution is -2.32. The van der Waals surface area contributed by atoms with Crippen molar-refractivity contribution in [3.8, 4) is 11.5 Å². The van der Waals surface area contributed by atoms with Gasteiger partial charge in [0.1, 0.15) is 11.3 Å². The molecule has 0 saturated carbocycles. The average molecular weight is 374 g/mol. The minimum Gasteiger partial charge on any atom is -0.493 e. The smallest absolute Gasteiger partial charge is 0.260 e. The maximum atomic E-state index is 13.2. The second-order valence-corrected chi connectivity index (χ2v) is 6.79. The van der Waals surface area contributed by atoms with Crippen LogP contribution < -0.4 is 9.47 Å². The van der Waals surface area contributed by atoms with Gasteiger partial charge in [-0.3, -0.25) is 9.79 Å². The number of methoxy groups -OCH3 is 2. The summed E-state index contributed by atoms with van der Waals surface area (Å²) >= 11 is 0. The van der Waals surface area contributed by atoms with Crippen molar-refractivity contribution >= 4 is 34.4 Å². The Morgan fingerprint density at radius 1 is 1.11 bits per heavy atom. The van der Waals surface area contributed by atoms with Crippen molar-refractivity contribution in [1.82, 2.24) is 4.90 Å². The number of furan rings is 1. The molecule has 6 heteroatoms. The Kier molecular flexibility index (Phi) is 3.72. The largest absolute Gasteiger partial charge is 0.493 e.